The molecule has 3 aromatic rings. The molecule has 0 bridgehead atoms. The van der Waals surface area contributed by atoms with E-state index in [0.29, 0.717) is 54.3 Å². The normalized spacial score (nSPS) is 18.8. The molecular formula is C28H31N9O3. The highest BCUT2D eigenvalue weighted by Crippen LogP contribution is 2.40. The van der Waals surface area contributed by atoms with Crippen LogP contribution in [0.3, 0.4) is 0 Å². The van der Waals surface area contributed by atoms with Gasteiger partial charge in [0.25, 0.3) is 5.91 Å². The predicted molar refractivity (Wildman–Crippen MR) is 148 cm³/mol. The molecule has 3 N–H and O–H groups in total. The van der Waals surface area contributed by atoms with Crippen LogP contribution in [0, 0.1) is 0 Å². The second kappa shape index (κ2) is 10.5. The Labute approximate surface area is 231 Å². The van der Waals surface area contributed by atoms with Gasteiger partial charge in [0.1, 0.15) is 17.7 Å². The maximum Gasteiger partial charge on any atom is 0.253 e. The zero-order valence-corrected chi connectivity index (χ0v) is 22.3. The van der Waals surface area contributed by atoms with Gasteiger partial charge < -0.3 is 20.4 Å². The number of anilines is 1. The maximum absolute atomic E-state index is 13.7. The number of H-pyrrole nitrogens is 1. The van der Waals surface area contributed by atoms with Crippen LogP contribution in [0.25, 0.3) is 11.4 Å². The Morgan fingerprint density at radius 3 is 2.60 bits per heavy atom. The number of carbonyl (C=O) groups is 2. The van der Waals surface area contributed by atoms with E-state index < -0.39 is 5.60 Å². The van der Waals surface area contributed by atoms with Crippen molar-refractivity contribution in [3.8, 4) is 17.1 Å². The summed E-state index contributed by atoms with van der Waals surface area (Å²) in [5, 5.41) is 17.4. The molecule has 0 unspecified atom stereocenters. The van der Waals surface area contributed by atoms with Crippen LogP contribution in [-0.2, 0) is 0 Å². The number of aromatic nitrogens is 3. The first-order valence-corrected chi connectivity index (χ1v) is 13.5. The SMILES string of the molecule is C/C(=N\N=N/N)c1ccc2c(c1)C(=O)CC1(CCN(C(=O)c3cc(-c4ncn[nH]4)cc(N4CCCC4)c3)CC1)O2. The van der Waals surface area contributed by atoms with Crippen molar-refractivity contribution in [3.05, 3.63) is 59.4 Å². The van der Waals surface area contributed by atoms with Crippen molar-refractivity contribution < 1.29 is 14.3 Å². The van der Waals surface area contributed by atoms with Crippen LogP contribution in [0.2, 0.25) is 0 Å². The van der Waals surface area contributed by atoms with E-state index >= 15 is 0 Å². The largest absolute Gasteiger partial charge is 0.486 e. The third-order valence-corrected chi connectivity index (χ3v) is 8.04. The number of aromatic amines is 1. The lowest BCUT2D eigenvalue weighted by Crippen LogP contribution is -2.52. The maximum atomic E-state index is 13.7. The van der Waals surface area contributed by atoms with Gasteiger partial charge >= 0.3 is 0 Å². The van der Waals surface area contributed by atoms with Gasteiger partial charge in [-0.15, -0.1) is 5.10 Å². The van der Waals surface area contributed by atoms with Gasteiger partial charge in [-0.3, -0.25) is 14.7 Å². The third-order valence-electron chi connectivity index (χ3n) is 8.04. The predicted octanol–water partition coefficient (Wildman–Crippen LogP) is 3.76. The highest BCUT2D eigenvalue weighted by molar-refractivity contribution is 6.05. The minimum Gasteiger partial charge on any atom is -0.486 e. The summed E-state index contributed by atoms with van der Waals surface area (Å²) in [5.74, 6) is 6.21. The number of nitrogens with zero attached hydrogens (tertiary/aromatic N) is 7. The Hall–Kier alpha value is -4.61. The molecule has 1 spiro atoms. The quantitative estimate of drug-likeness (QED) is 0.216. The van der Waals surface area contributed by atoms with E-state index in [1.165, 1.54) is 6.33 Å². The van der Waals surface area contributed by atoms with Crippen molar-refractivity contribution in [1.82, 2.24) is 20.1 Å². The average molecular weight is 542 g/mol. The number of nitrogens with one attached hydrogen (secondary N) is 1. The monoisotopic (exact) mass is 541 g/mol. The number of nitrogens with two attached hydrogens (primary N) is 1. The summed E-state index contributed by atoms with van der Waals surface area (Å²) < 4.78 is 6.45. The molecule has 2 saturated heterocycles. The molecule has 3 aliphatic rings. The number of piperidine rings is 1. The standard InChI is InChI=1S/C28H31N9O3/c1-18(32-35-34-29)19-4-5-25-23(15-19)24(38)16-28(40-25)6-10-37(11-7-28)27(39)21-12-20(26-30-17-31-33-26)13-22(14-21)36-8-2-3-9-36/h4-5,12-15,17H,2-3,6-11,16H2,1H3,(H2,29,35)(H,30,31,33)/b32-18+. The van der Waals surface area contributed by atoms with E-state index in [0.717, 1.165) is 42.7 Å². The number of hydrogen-bond donors (Lipinski definition) is 2. The van der Waals surface area contributed by atoms with Crippen molar-refractivity contribution in [1.29, 1.82) is 0 Å². The van der Waals surface area contributed by atoms with Crippen LogP contribution in [0.15, 0.2) is 58.3 Å². The Morgan fingerprint density at radius 2 is 1.88 bits per heavy atom. The molecule has 0 radical (unpaired) electrons. The van der Waals surface area contributed by atoms with Crippen LogP contribution in [0.5, 0.6) is 5.75 Å². The molecule has 2 fully saturated rings. The Bertz CT molecular complexity index is 1480. The molecule has 0 saturated carbocycles. The lowest BCUT2D eigenvalue weighted by atomic mass is 9.82. The molecule has 12 heteroatoms. The van der Waals surface area contributed by atoms with Gasteiger partial charge in [0.05, 0.1) is 17.7 Å². The summed E-state index contributed by atoms with van der Waals surface area (Å²) in [6, 6.07) is 11.3. The number of carbonyl (C=O) groups excluding carboxylic acids is 2. The first-order chi connectivity index (χ1) is 19.4. The lowest BCUT2D eigenvalue weighted by Gasteiger charge is -2.44. The van der Waals surface area contributed by atoms with Crippen LogP contribution in [-0.4, -0.2) is 69.3 Å². The molecule has 12 nitrogen and oxygen atoms in total. The van der Waals surface area contributed by atoms with E-state index in [1.54, 1.807) is 19.1 Å². The number of fused-ring (bicyclic) bond motifs is 1. The van der Waals surface area contributed by atoms with E-state index in [-0.39, 0.29) is 18.1 Å². The van der Waals surface area contributed by atoms with Crippen molar-refractivity contribution in [2.45, 2.75) is 44.6 Å². The van der Waals surface area contributed by atoms with Crippen LogP contribution in [0.1, 0.15) is 65.3 Å². The topological polar surface area (TPSA) is 155 Å². The smallest absolute Gasteiger partial charge is 0.253 e. The van der Waals surface area contributed by atoms with Gasteiger partial charge in [-0.1, -0.05) is 5.22 Å². The highest BCUT2D eigenvalue weighted by atomic mass is 16.5. The number of hydrogen-bond acceptors (Lipinski definition) is 8. The number of ether oxygens (including phenoxy) is 1. The summed E-state index contributed by atoms with van der Waals surface area (Å²) in [6.45, 7) is 4.72. The molecule has 4 heterocycles. The number of Topliss-reactive ketones (excluding diaryl/α,β-unsaturated/α-hetero) is 1. The van der Waals surface area contributed by atoms with Crippen LogP contribution < -0.4 is 15.5 Å². The highest BCUT2D eigenvalue weighted by Gasteiger charge is 2.44. The first kappa shape index (κ1) is 25.7. The van der Waals surface area contributed by atoms with Crippen molar-refractivity contribution in [2.75, 3.05) is 31.1 Å². The molecule has 0 atom stereocenters. The molecule has 1 amide bonds. The average Bonchev–Trinajstić information content (AvgIpc) is 3.71. The minimum absolute atomic E-state index is 0.0196. The van der Waals surface area contributed by atoms with Gasteiger partial charge in [-0.05, 0) is 67.0 Å². The molecule has 206 valence electrons. The molecule has 40 heavy (non-hydrogen) atoms. The van der Waals surface area contributed by atoms with E-state index in [2.05, 4.69) is 41.7 Å². The third kappa shape index (κ3) is 4.92. The summed E-state index contributed by atoms with van der Waals surface area (Å²) >= 11 is 0. The van der Waals surface area contributed by atoms with Gasteiger partial charge in [0, 0.05) is 55.8 Å². The van der Waals surface area contributed by atoms with Gasteiger partial charge in [0.2, 0.25) is 0 Å². The van der Waals surface area contributed by atoms with Gasteiger partial charge in [-0.25, -0.2) is 4.98 Å². The number of amides is 1. The number of rotatable bonds is 5. The molecule has 2 aromatic carbocycles. The fourth-order valence-electron chi connectivity index (χ4n) is 5.82. The summed E-state index contributed by atoms with van der Waals surface area (Å²) in [5.41, 5.74) is 3.73. The fourth-order valence-corrected chi connectivity index (χ4v) is 5.82. The van der Waals surface area contributed by atoms with E-state index in [4.69, 9.17) is 10.6 Å². The summed E-state index contributed by atoms with van der Waals surface area (Å²) in [4.78, 5) is 35.4. The molecule has 3 aliphatic heterocycles. The van der Waals surface area contributed by atoms with E-state index in [9.17, 15) is 9.59 Å². The fraction of sp³-hybridized carbons (Fsp3) is 0.393. The summed E-state index contributed by atoms with van der Waals surface area (Å²) in [6.07, 6.45) is 5.16. The Morgan fingerprint density at radius 1 is 1.07 bits per heavy atom. The summed E-state index contributed by atoms with van der Waals surface area (Å²) in [7, 11) is 0. The Kier molecular flexibility index (Phi) is 6.74. The lowest BCUT2D eigenvalue weighted by molar-refractivity contribution is -0.00571. The first-order valence-electron chi connectivity index (χ1n) is 13.5. The Balaban J connectivity index is 1.19. The zero-order chi connectivity index (χ0) is 27.7. The van der Waals surface area contributed by atoms with Crippen LogP contribution in [0.4, 0.5) is 5.69 Å². The van der Waals surface area contributed by atoms with Crippen molar-refractivity contribution >= 4 is 23.1 Å². The number of likely N-dealkylation sites (tertiary alicyclic amines) is 1. The molecular weight excluding hydrogens is 510 g/mol. The molecule has 1 aromatic heterocycles. The number of benzene rings is 2. The second-order valence-corrected chi connectivity index (χ2v) is 10.6. The molecule has 0 aliphatic carbocycles. The minimum atomic E-state index is -0.623. The zero-order valence-electron chi connectivity index (χ0n) is 22.3. The molecule has 6 rings (SSSR count). The van der Waals surface area contributed by atoms with Crippen molar-refractivity contribution in [3.63, 3.8) is 0 Å². The second-order valence-electron chi connectivity index (χ2n) is 10.6. The van der Waals surface area contributed by atoms with E-state index in [1.807, 2.05) is 23.1 Å². The number of ketones is 1. The van der Waals surface area contributed by atoms with Gasteiger partial charge in [0.15, 0.2) is 11.6 Å². The van der Waals surface area contributed by atoms with Crippen molar-refractivity contribution in [2.24, 2.45) is 21.4 Å². The van der Waals surface area contributed by atoms with Crippen LogP contribution >= 0.6 is 0 Å². The van der Waals surface area contributed by atoms with Gasteiger partial charge in [-0.2, -0.15) is 5.10 Å².